The van der Waals surface area contributed by atoms with Crippen molar-refractivity contribution >= 4 is 23.1 Å². The molecule has 3 N–H and O–H groups in total. The van der Waals surface area contributed by atoms with E-state index in [-0.39, 0.29) is 36.5 Å². The molecule has 3 unspecified atom stereocenters. The average molecular weight is 535 g/mol. The van der Waals surface area contributed by atoms with Crippen LogP contribution in [0.5, 0.6) is 11.5 Å². The van der Waals surface area contributed by atoms with Gasteiger partial charge < -0.3 is 15.3 Å². The predicted molar refractivity (Wildman–Crippen MR) is 153 cm³/mol. The number of phenols is 2. The predicted octanol–water partition coefficient (Wildman–Crippen LogP) is 7.18. The summed E-state index contributed by atoms with van der Waals surface area (Å²) in [6, 6.07) is 3.62. The molecule has 6 nitrogen and oxygen atoms in total. The molecule has 2 aliphatic rings. The third-order valence-electron chi connectivity index (χ3n) is 8.79. The quantitative estimate of drug-likeness (QED) is 0.0853. The smallest absolute Gasteiger partial charge is 0.184 e. The van der Waals surface area contributed by atoms with Crippen molar-refractivity contribution in [1.82, 2.24) is 0 Å². The van der Waals surface area contributed by atoms with Gasteiger partial charge in [0.1, 0.15) is 16.7 Å². The van der Waals surface area contributed by atoms with Crippen molar-refractivity contribution in [3.8, 4) is 11.5 Å². The molecule has 3 atom stereocenters. The van der Waals surface area contributed by atoms with E-state index in [1.165, 1.54) is 12.1 Å². The standard InChI is InChI=1S/C33H42O6/c1-19(2)9-11-23-18-32(15-13-20(3)4)28(37)26(27(36)22-10-12-24(34)25(35)17-22)29(38)33(30(32)39,31(23,7)8)16-14-21(5)6/h9-10,12-14,17,23,34-36H,11,15-16,18H2,1-8H3. The highest BCUT2D eigenvalue weighted by Gasteiger charge is 2.73. The molecular weight excluding hydrogens is 492 g/mol. The Bertz CT molecular complexity index is 1330. The molecule has 2 saturated carbocycles. The van der Waals surface area contributed by atoms with Crippen LogP contribution in [0.15, 0.2) is 58.7 Å². The Morgan fingerprint density at radius 1 is 0.846 bits per heavy atom. The minimum atomic E-state index is -1.58. The number of hydrogen-bond donors (Lipinski definition) is 3. The number of phenolic OH excluding ortho intramolecular Hbond substituents is 2. The third kappa shape index (κ3) is 4.90. The van der Waals surface area contributed by atoms with E-state index in [1.807, 2.05) is 67.5 Å². The maximum atomic E-state index is 14.7. The Kier molecular flexibility index (Phi) is 8.21. The molecule has 6 heteroatoms. The molecule has 2 fully saturated rings. The minimum Gasteiger partial charge on any atom is -0.506 e. The fourth-order valence-electron chi connectivity index (χ4n) is 6.20. The molecule has 0 aromatic heterocycles. The average Bonchev–Trinajstić information content (AvgIpc) is 2.83. The van der Waals surface area contributed by atoms with Crippen LogP contribution in [0.25, 0.3) is 5.76 Å². The second-order valence-corrected chi connectivity index (χ2v) is 12.5. The van der Waals surface area contributed by atoms with Gasteiger partial charge in [0.05, 0.1) is 5.41 Å². The Morgan fingerprint density at radius 3 is 1.95 bits per heavy atom. The van der Waals surface area contributed by atoms with Gasteiger partial charge in [-0.2, -0.15) is 0 Å². The van der Waals surface area contributed by atoms with Crippen LogP contribution in [-0.4, -0.2) is 32.7 Å². The monoisotopic (exact) mass is 534 g/mol. The van der Waals surface area contributed by atoms with Gasteiger partial charge in [0.15, 0.2) is 28.8 Å². The van der Waals surface area contributed by atoms with Crippen molar-refractivity contribution in [2.24, 2.45) is 22.2 Å². The number of hydrogen-bond acceptors (Lipinski definition) is 6. The largest absolute Gasteiger partial charge is 0.506 e. The number of ketones is 3. The number of aliphatic hydroxyl groups is 1. The van der Waals surface area contributed by atoms with Gasteiger partial charge in [-0.3, -0.25) is 14.4 Å². The van der Waals surface area contributed by atoms with Crippen LogP contribution in [0.4, 0.5) is 0 Å². The van der Waals surface area contributed by atoms with Crippen molar-refractivity contribution in [2.75, 3.05) is 0 Å². The highest BCUT2D eigenvalue weighted by molar-refractivity contribution is 6.41. The van der Waals surface area contributed by atoms with Gasteiger partial charge in [-0.05, 0) is 96.8 Å². The van der Waals surface area contributed by atoms with E-state index in [0.29, 0.717) is 6.42 Å². The zero-order chi connectivity index (χ0) is 29.5. The lowest BCUT2D eigenvalue weighted by Crippen LogP contribution is -2.69. The summed E-state index contributed by atoms with van der Waals surface area (Å²) in [4.78, 5) is 43.7. The van der Waals surface area contributed by atoms with Crippen LogP contribution < -0.4 is 0 Å². The normalized spacial score (nSPS) is 27.1. The van der Waals surface area contributed by atoms with Gasteiger partial charge in [-0.15, -0.1) is 0 Å². The van der Waals surface area contributed by atoms with E-state index in [2.05, 4.69) is 6.08 Å². The molecule has 2 bridgehead atoms. The van der Waals surface area contributed by atoms with Crippen molar-refractivity contribution in [2.45, 2.75) is 81.1 Å². The number of Topliss-reactive ketones (excluding diaryl/α,β-unsaturated/α-hetero) is 3. The van der Waals surface area contributed by atoms with Crippen LogP contribution >= 0.6 is 0 Å². The summed E-state index contributed by atoms with van der Waals surface area (Å²) < 4.78 is 0. The highest BCUT2D eigenvalue weighted by atomic mass is 16.3. The van der Waals surface area contributed by atoms with Gasteiger partial charge in [-0.25, -0.2) is 0 Å². The molecule has 0 radical (unpaired) electrons. The first kappa shape index (κ1) is 30.1. The number of benzene rings is 1. The Hall–Kier alpha value is -3.41. The van der Waals surface area contributed by atoms with E-state index in [0.717, 1.165) is 22.8 Å². The molecule has 210 valence electrons. The molecule has 0 amide bonds. The van der Waals surface area contributed by atoms with Crippen LogP contribution in [0.1, 0.15) is 86.6 Å². The molecule has 39 heavy (non-hydrogen) atoms. The summed E-state index contributed by atoms with van der Waals surface area (Å²) in [6.07, 6.45) is 6.98. The maximum absolute atomic E-state index is 14.7. The van der Waals surface area contributed by atoms with E-state index >= 15 is 0 Å². The summed E-state index contributed by atoms with van der Waals surface area (Å²) in [5, 5.41) is 31.3. The molecule has 0 aliphatic heterocycles. The number of aliphatic hydroxyl groups excluding tert-OH is 1. The van der Waals surface area contributed by atoms with E-state index < -0.39 is 50.6 Å². The number of carbonyl (C=O) groups is 3. The molecule has 3 rings (SSSR count). The van der Waals surface area contributed by atoms with Crippen molar-refractivity contribution in [3.63, 3.8) is 0 Å². The summed E-state index contributed by atoms with van der Waals surface area (Å²) in [7, 11) is 0. The van der Waals surface area contributed by atoms with Gasteiger partial charge in [0.2, 0.25) is 0 Å². The first-order chi connectivity index (χ1) is 18.0. The molecule has 0 heterocycles. The van der Waals surface area contributed by atoms with Crippen molar-refractivity contribution in [1.29, 1.82) is 0 Å². The molecule has 0 spiro atoms. The number of allylic oxidation sites excluding steroid dienone is 7. The Morgan fingerprint density at radius 2 is 1.41 bits per heavy atom. The fourth-order valence-corrected chi connectivity index (χ4v) is 6.20. The van der Waals surface area contributed by atoms with E-state index in [1.54, 1.807) is 0 Å². The SMILES string of the molecule is CC(C)=CCC1CC2(CC=C(C)C)C(=O)C(=C(O)c3ccc(O)c(O)c3)C(=O)C(CC=C(C)C)(C2=O)C1(C)C. The van der Waals surface area contributed by atoms with Crippen LogP contribution in [-0.2, 0) is 14.4 Å². The minimum absolute atomic E-state index is 0.0167. The summed E-state index contributed by atoms with van der Waals surface area (Å²) in [6.45, 7) is 15.5. The second kappa shape index (κ2) is 10.6. The van der Waals surface area contributed by atoms with E-state index in [4.69, 9.17) is 0 Å². The van der Waals surface area contributed by atoms with Crippen LogP contribution in [0.2, 0.25) is 0 Å². The lowest BCUT2D eigenvalue weighted by atomic mass is 9.38. The molecule has 0 saturated heterocycles. The maximum Gasteiger partial charge on any atom is 0.184 e. The molecular formula is C33H42O6. The lowest BCUT2D eigenvalue weighted by Gasteiger charge is -2.60. The topological polar surface area (TPSA) is 112 Å². The first-order valence-corrected chi connectivity index (χ1v) is 13.5. The van der Waals surface area contributed by atoms with Gasteiger partial charge in [0, 0.05) is 5.56 Å². The van der Waals surface area contributed by atoms with Crippen molar-refractivity contribution in [3.05, 3.63) is 64.3 Å². The molecule has 1 aromatic carbocycles. The van der Waals surface area contributed by atoms with E-state index in [9.17, 15) is 29.7 Å². The van der Waals surface area contributed by atoms with Crippen LogP contribution in [0.3, 0.4) is 0 Å². The second-order valence-electron chi connectivity index (χ2n) is 12.5. The third-order valence-corrected chi connectivity index (χ3v) is 8.79. The van der Waals surface area contributed by atoms with Crippen LogP contribution in [0, 0.1) is 22.2 Å². The summed E-state index contributed by atoms with van der Waals surface area (Å²) in [5.74, 6) is -3.35. The Balaban J connectivity index is 2.45. The number of fused-ring (bicyclic) bond motifs is 2. The van der Waals surface area contributed by atoms with Gasteiger partial charge in [0.25, 0.3) is 0 Å². The number of aromatic hydroxyl groups is 2. The fraction of sp³-hybridized carbons (Fsp3) is 0.485. The van der Waals surface area contributed by atoms with Gasteiger partial charge in [-0.1, -0.05) is 48.8 Å². The highest BCUT2D eigenvalue weighted by Crippen LogP contribution is 2.65. The molecule has 1 aromatic rings. The summed E-state index contributed by atoms with van der Waals surface area (Å²) in [5.41, 5.74) is -1.31. The first-order valence-electron chi connectivity index (χ1n) is 13.5. The molecule has 2 aliphatic carbocycles. The number of carbonyl (C=O) groups excluding carboxylic acids is 3. The lowest BCUT2D eigenvalue weighted by molar-refractivity contribution is -0.176. The van der Waals surface area contributed by atoms with Crippen molar-refractivity contribution < 1.29 is 29.7 Å². The summed E-state index contributed by atoms with van der Waals surface area (Å²) >= 11 is 0. The zero-order valence-corrected chi connectivity index (χ0v) is 24.4. The Labute approximate surface area is 231 Å². The van der Waals surface area contributed by atoms with Gasteiger partial charge >= 0.3 is 0 Å². The number of rotatable bonds is 7. The zero-order valence-electron chi connectivity index (χ0n) is 24.4.